The molecule has 0 fully saturated rings. The first kappa shape index (κ1) is 9.96. The van der Waals surface area contributed by atoms with Crippen molar-refractivity contribution in [3.63, 3.8) is 0 Å². The highest BCUT2D eigenvalue weighted by molar-refractivity contribution is 4.71. The predicted molar refractivity (Wildman–Crippen MR) is 45.7 cm³/mol. The smallest absolute Gasteiger partial charge is 0.0940 e. The van der Waals surface area contributed by atoms with Gasteiger partial charge in [-0.15, -0.1) is 0 Å². The first-order valence-electron chi connectivity index (χ1n) is 4.54. The van der Waals surface area contributed by atoms with Crippen molar-refractivity contribution in [1.82, 2.24) is 0 Å². The lowest BCUT2D eigenvalue weighted by molar-refractivity contribution is -0.481. The molecule has 0 saturated heterocycles. The molecular formula is C9H22N+. The topological polar surface area (TPSA) is 27.6 Å². The van der Waals surface area contributed by atoms with E-state index in [4.69, 9.17) is 0 Å². The molecule has 0 aromatic heterocycles. The first-order chi connectivity index (χ1) is 4.68. The second-order valence-electron chi connectivity index (χ2n) is 3.31. The van der Waals surface area contributed by atoms with Crippen LogP contribution in [0.4, 0.5) is 0 Å². The molecule has 0 heterocycles. The third-order valence-corrected chi connectivity index (χ3v) is 2.56. The Hall–Kier alpha value is -0.0400. The highest BCUT2D eigenvalue weighted by atomic mass is 14.7. The van der Waals surface area contributed by atoms with Crippen molar-refractivity contribution in [2.45, 2.75) is 58.4 Å². The Kier molecular flexibility index (Phi) is 4.71. The molecule has 1 heteroatoms. The maximum atomic E-state index is 4.24. The summed E-state index contributed by atoms with van der Waals surface area (Å²) < 4.78 is 0. The predicted octanol–water partition coefficient (Wildman–Crippen LogP) is 1.98. The van der Waals surface area contributed by atoms with Gasteiger partial charge in [-0.3, -0.25) is 0 Å². The maximum absolute atomic E-state index is 4.24. The third kappa shape index (κ3) is 3.21. The van der Waals surface area contributed by atoms with Crippen LogP contribution in [0.15, 0.2) is 0 Å². The van der Waals surface area contributed by atoms with Crippen LogP contribution < -0.4 is 5.73 Å². The monoisotopic (exact) mass is 144 g/mol. The van der Waals surface area contributed by atoms with Gasteiger partial charge in [0.1, 0.15) is 0 Å². The SMILES string of the molecule is CCCCC([NH3+])(CC)CC. The van der Waals surface area contributed by atoms with Crippen molar-refractivity contribution in [3.05, 3.63) is 0 Å². The van der Waals surface area contributed by atoms with Crippen LogP contribution in [0.3, 0.4) is 0 Å². The van der Waals surface area contributed by atoms with Gasteiger partial charge in [-0.1, -0.05) is 27.2 Å². The second-order valence-corrected chi connectivity index (χ2v) is 3.31. The van der Waals surface area contributed by atoms with Gasteiger partial charge in [0, 0.05) is 6.42 Å². The van der Waals surface area contributed by atoms with Crippen LogP contribution in [-0.4, -0.2) is 5.54 Å². The summed E-state index contributed by atoms with van der Waals surface area (Å²) in [5.41, 5.74) is 4.63. The summed E-state index contributed by atoms with van der Waals surface area (Å²) in [6.07, 6.45) is 6.39. The molecule has 62 valence electrons. The zero-order valence-electron chi connectivity index (χ0n) is 7.74. The van der Waals surface area contributed by atoms with Gasteiger partial charge in [-0.25, -0.2) is 0 Å². The molecule has 1 nitrogen and oxygen atoms in total. The first-order valence-corrected chi connectivity index (χ1v) is 4.54. The molecule has 0 rings (SSSR count). The Balaban J connectivity index is 3.58. The number of hydrogen-bond donors (Lipinski definition) is 1. The zero-order valence-corrected chi connectivity index (χ0v) is 7.74. The molecule has 0 aliphatic heterocycles. The van der Waals surface area contributed by atoms with Gasteiger partial charge in [0.2, 0.25) is 0 Å². The van der Waals surface area contributed by atoms with E-state index in [-0.39, 0.29) is 0 Å². The fourth-order valence-corrected chi connectivity index (χ4v) is 1.16. The summed E-state index contributed by atoms with van der Waals surface area (Å²) in [5.74, 6) is 0. The van der Waals surface area contributed by atoms with Crippen molar-refractivity contribution in [2.24, 2.45) is 0 Å². The highest BCUT2D eigenvalue weighted by Crippen LogP contribution is 2.16. The molecule has 0 aliphatic rings. The van der Waals surface area contributed by atoms with Crippen LogP contribution >= 0.6 is 0 Å². The molecule has 0 unspecified atom stereocenters. The van der Waals surface area contributed by atoms with Crippen LogP contribution in [0.5, 0.6) is 0 Å². The van der Waals surface area contributed by atoms with Crippen molar-refractivity contribution < 1.29 is 5.73 Å². The molecule has 0 aromatic carbocycles. The Morgan fingerprint density at radius 2 is 1.60 bits per heavy atom. The van der Waals surface area contributed by atoms with Gasteiger partial charge in [0.25, 0.3) is 0 Å². The Morgan fingerprint density at radius 3 is 1.90 bits per heavy atom. The summed E-state index contributed by atoms with van der Waals surface area (Å²) in [5, 5.41) is 0. The number of unbranched alkanes of at least 4 members (excludes halogenated alkanes) is 1. The Labute approximate surface area is 65.0 Å². The van der Waals surface area contributed by atoms with E-state index in [1.807, 2.05) is 0 Å². The van der Waals surface area contributed by atoms with Crippen LogP contribution in [0.25, 0.3) is 0 Å². The van der Waals surface area contributed by atoms with Gasteiger partial charge in [-0.2, -0.15) is 0 Å². The minimum atomic E-state index is 0.385. The van der Waals surface area contributed by atoms with E-state index in [1.165, 1.54) is 32.1 Å². The summed E-state index contributed by atoms with van der Waals surface area (Å²) in [6, 6.07) is 0. The van der Waals surface area contributed by atoms with Crippen LogP contribution in [0.1, 0.15) is 52.9 Å². The fourth-order valence-electron chi connectivity index (χ4n) is 1.16. The standard InChI is InChI=1S/C9H21N/c1-4-7-8-9(10,5-2)6-3/h4-8,10H2,1-3H3/p+1. The molecule has 10 heavy (non-hydrogen) atoms. The van der Waals surface area contributed by atoms with Crippen molar-refractivity contribution >= 4 is 0 Å². The maximum Gasteiger partial charge on any atom is 0.0940 e. The minimum absolute atomic E-state index is 0.385. The lowest BCUT2D eigenvalue weighted by Crippen LogP contribution is -2.71. The van der Waals surface area contributed by atoms with E-state index in [1.54, 1.807) is 0 Å². The highest BCUT2D eigenvalue weighted by Gasteiger charge is 2.22. The minimum Gasteiger partial charge on any atom is -0.353 e. The summed E-state index contributed by atoms with van der Waals surface area (Å²) >= 11 is 0. The third-order valence-electron chi connectivity index (χ3n) is 2.56. The van der Waals surface area contributed by atoms with Crippen molar-refractivity contribution in [2.75, 3.05) is 0 Å². The van der Waals surface area contributed by atoms with Gasteiger partial charge in [-0.05, 0) is 19.3 Å². The second kappa shape index (κ2) is 4.73. The van der Waals surface area contributed by atoms with Gasteiger partial charge >= 0.3 is 0 Å². The Bertz CT molecular complexity index is 74.8. The van der Waals surface area contributed by atoms with Gasteiger partial charge in [0.15, 0.2) is 0 Å². The largest absolute Gasteiger partial charge is 0.353 e. The summed E-state index contributed by atoms with van der Waals surface area (Å²) in [6.45, 7) is 6.73. The van der Waals surface area contributed by atoms with Crippen molar-refractivity contribution in [3.8, 4) is 0 Å². The van der Waals surface area contributed by atoms with Crippen LogP contribution in [-0.2, 0) is 0 Å². The zero-order chi connectivity index (χ0) is 8.04. The molecule has 0 saturated carbocycles. The van der Waals surface area contributed by atoms with E-state index in [0.717, 1.165) is 0 Å². The van der Waals surface area contributed by atoms with Crippen molar-refractivity contribution in [1.29, 1.82) is 0 Å². The van der Waals surface area contributed by atoms with E-state index >= 15 is 0 Å². The van der Waals surface area contributed by atoms with E-state index < -0.39 is 0 Å². The molecule has 0 bridgehead atoms. The molecule has 0 amide bonds. The molecule has 0 aliphatic carbocycles. The molecule has 0 radical (unpaired) electrons. The molecule has 0 aromatic rings. The van der Waals surface area contributed by atoms with Gasteiger partial charge < -0.3 is 5.73 Å². The quantitative estimate of drug-likeness (QED) is 0.611. The lowest BCUT2D eigenvalue weighted by Gasteiger charge is -2.21. The summed E-state index contributed by atoms with van der Waals surface area (Å²) in [7, 11) is 0. The molecule has 0 spiro atoms. The molecular weight excluding hydrogens is 122 g/mol. The summed E-state index contributed by atoms with van der Waals surface area (Å²) in [4.78, 5) is 0. The van der Waals surface area contributed by atoms with E-state index in [9.17, 15) is 0 Å². The normalized spacial score (nSPS) is 12.0. The van der Waals surface area contributed by atoms with E-state index in [2.05, 4.69) is 26.5 Å². The molecule has 3 N–H and O–H groups in total. The number of rotatable bonds is 5. The lowest BCUT2D eigenvalue weighted by atomic mass is 9.88. The van der Waals surface area contributed by atoms with Crippen LogP contribution in [0.2, 0.25) is 0 Å². The number of hydrogen-bond acceptors (Lipinski definition) is 0. The molecule has 0 atom stereocenters. The average molecular weight is 144 g/mol. The average Bonchev–Trinajstić information content (AvgIpc) is 2.00. The van der Waals surface area contributed by atoms with Crippen LogP contribution in [0, 0.1) is 0 Å². The number of quaternary nitrogens is 1. The Morgan fingerprint density at radius 1 is 1.10 bits per heavy atom. The van der Waals surface area contributed by atoms with E-state index in [0.29, 0.717) is 5.54 Å². The van der Waals surface area contributed by atoms with Gasteiger partial charge in [0.05, 0.1) is 5.54 Å². The fraction of sp³-hybridized carbons (Fsp3) is 1.00.